The maximum absolute atomic E-state index is 10.4. The summed E-state index contributed by atoms with van der Waals surface area (Å²) in [6.45, 7) is 10.4. The van der Waals surface area contributed by atoms with E-state index in [9.17, 15) is 9.59 Å². The first kappa shape index (κ1) is 16.8. The second-order valence-electron chi connectivity index (χ2n) is 3.31. The van der Waals surface area contributed by atoms with Gasteiger partial charge in [0.15, 0.2) is 0 Å². The van der Waals surface area contributed by atoms with E-state index in [1.165, 1.54) is 6.08 Å². The van der Waals surface area contributed by atoms with Crippen LogP contribution in [-0.4, -0.2) is 29.6 Å². The average molecular weight is 228 g/mol. The van der Waals surface area contributed by atoms with Crippen LogP contribution >= 0.6 is 0 Å². The maximum atomic E-state index is 10.4. The molecule has 0 rings (SSSR count). The summed E-state index contributed by atoms with van der Waals surface area (Å²) in [5, 5.41) is 10.9. The first-order chi connectivity index (χ1) is 7.34. The van der Waals surface area contributed by atoms with Crippen molar-refractivity contribution in [3.05, 3.63) is 24.8 Å². The molecule has 0 spiro atoms. The predicted octanol–water partition coefficient (Wildman–Crippen LogP) is 0.107. The van der Waals surface area contributed by atoms with Gasteiger partial charge in [0.05, 0.1) is 0 Å². The topological polar surface area (TPSA) is 92.4 Å². The molecule has 0 aromatic rings. The highest BCUT2D eigenvalue weighted by atomic mass is 16.3. The molecule has 0 aromatic heterocycles. The molecule has 0 saturated carbocycles. The molecule has 16 heavy (non-hydrogen) atoms. The summed E-state index contributed by atoms with van der Waals surface area (Å²) in [6.07, 6.45) is 1.54. The minimum Gasteiger partial charge on any atom is -0.396 e. The third-order valence-electron chi connectivity index (χ3n) is 1.38. The molecule has 0 heterocycles. The number of nitrogens with two attached hydrogens (primary N) is 1. The Morgan fingerprint density at radius 1 is 1.50 bits per heavy atom. The Morgan fingerprint density at radius 3 is 2.12 bits per heavy atom. The molecule has 0 fully saturated rings. The van der Waals surface area contributed by atoms with Crippen LogP contribution in [-0.2, 0) is 9.59 Å². The van der Waals surface area contributed by atoms with Crippen molar-refractivity contribution in [2.24, 2.45) is 5.73 Å². The van der Waals surface area contributed by atoms with Crippen LogP contribution < -0.4 is 11.1 Å². The van der Waals surface area contributed by atoms with Crippen molar-refractivity contribution in [1.29, 1.82) is 0 Å². The first-order valence-electron chi connectivity index (χ1n) is 4.86. The molecule has 0 unspecified atom stereocenters. The van der Waals surface area contributed by atoms with Crippen LogP contribution in [0, 0.1) is 0 Å². The lowest BCUT2D eigenvalue weighted by Gasteiger charge is -2.02. The summed E-state index contributed by atoms with van der Waals surface area (Å²) in [7, 11) is 0. The lowest BCUT2D eigenvalue weighted by atomic mass is 10.2. The van der Waals surface area contributed by atoms with Gasteiger partial charge in [0, 0.05) is 24.6 Å². The van der Waals surface area contributed by atoms with E-state index < -0.39 is 5.91 Å². The van der Waals surface area contributed by atoms with Gasteiger partial charge in [-0.3, -0.25) is 9.59 Å². The van der Waals surface area contributed by atoms with Gasteiger partial charge < -0.3 is 16.2 Å². The van der Waals surface area contributed by atoms with Crippen molar-refractivity contribution in [3.8, 4) is 0 Å². The average Bonchev–Trinajstić information content (AvgIpc) is 2.18. The number of hydrogen-bond acceptors (Lipinski definition) is 3. The molecule has 0 radical (unpaired) electrons. The largest absolute Gasteiger partial charge is 0.396 e. The molecule has 4 N–H and O–H groups in total. The number of carbonyl (C=O) groups is 2. The fourth-order valence-electron chi connectivity index (χ4n) is 0.602. The zero-order valence-electron chi connectivity index (χ0n) is 9.82. The number of carbonyl (C=O) groups excluding carboxylic acids is 2. The Balaban J connectivity index is 0. The lowest BCUT2D eigenvalue weighted by Crippen LogP contribution is -2.27. The minimum absolute atomic E-state index is 0.0677. The molecular weight excluding hydrogens is 208 g/mol. The fourth-order valence-corrected chi connectivity index (χ4v) is 0.602. The van der Waals surface area contributed by atoms with Gasteiger partial charge in [-0.05, 0) is 19.9 Å². The molecule has 0 aliphatic carbocycles. The van der Waals surface area contributed by atoms with Crippen LogP contribution in [0.3, 0.4) is 0 Å². The van der Waals surface area contributed by atoms with Gasteiger partial charge in [-0.2, -0.15) is 0 Å². The van der Waals surface area contributed by atoms with E-state index in [1.54, 1.807) is 0 Å². The molecule has 0 bridgehead atoms. The number of aliphatic hydroxyl groups excluding tert-OH is 1. The van der Waals surface area contributed by atoms with Crippen LogP contribution in [0.4, 0.5) is 0 Å². The van der Waals surface area contributed by atoms with Crippen molar-refractivity contribution in [2.45, 2.75) is 26.3 Å². The van der Waals surface area contributed by atoms with Crippen molar-refractivity contribution < 1.29 is 14.7 Å². The second kappa shape index (κ2) is 9.92. The molecule has 0 aliphatic rings. The Labute approximate surface area is 96.0 Å². The zero-order valence-corrected chi connectivity index (χ0v) is 9.82. The van der Waals surface area contributed by atoms with E-state index in [-0.39, 0.29) is 30.5 Å². The Hall–Kier alpha value is -1.62. The van der Waals surface area contributed by atoms with Crippen LogP contribution in [0.5, 0.6) is 0 Å². The number of rotatable bonds is 5. The number of hydrogen-bond donors (Lipinski definition) is 3. The van der Waals surface area contributed by atoms with Gasteiger partial charge in [0.2, 0.25) is 11.8 Å². The smallest absolute Gasteiger partial charge is 0.244 e. The molecule has 0 saturated heterocycles. The van der Waals surface area contributed by atoms with Crippen molar-refractivity contribution in [1.82, 2.24) is 5.32 Å². The molecule has 0 aromatic carbocycles. The number of amides is 2. The summed E-state index contributed by atoms with van der Waals surface area (Å²) in [5.74, 6) is -0.654. The third-order valence-corrected chi connectivity index (χ3v) is 1.38. The van der Waals surface area contributed by atoms with E-state index in [1.807, 2.05) is 13.8 Å². The van der Waals surface area contributed by atoms with Crippen LogP contribution in [0.15, 0.2) is 24.8 Å². The zero-order chi connectivity index (χ0) is 13.1. The highest BCUT2D eigenvalue weighted by Gasteiger charge is 1.97. The van der Waals surface area contributed by atoms with E-state index in [0.29, 0.717) is 0 Å². The van der Waals surface area contributed by atoms with Crippen LogP contribution in [0.25, 0.3) is 0 Å². The summed E-state index contributed by atoms with van der Waals surface area (Å²) in [4.78, 5) is 20.5. The minimum atomic E-state index is -0.543. The monoisotopic (exact) mass is 228 g/mol. The van der Waals surface area contributed by atoms with Gasteiger partial charge in [-0.1, -0.05) is 13.2 Å². The highest BCUT2D eigenvalue weighted by molar-refractivity contribution is 5.91. The number of primary amides is 1. The SMILES string of the molecule is C=C(CCO)C(N)=O.C=CC(=O)NC(C)C. The maximum Gasteiger partial charge on any atom is 0.244 e. The molecule has 2 amide bonds. The molecule has 5 heteroatoms. The first-order valence-corrected chi connectivity index (χ1v) is 4.86. The quantitative estimate of drug-likeness (QED) is 0.583. The van der Waals surface area contributed by atoms with Crippen LogP contribution in [0.2, 0.25) is 0 Å². The fraction of sp³-hybridized carbons (Fsp3) is 0.455. The Bertz CT molecular complexity index is 260. The normalized spacial score (nSPS) is 8.75. The van der Waals surface area contributed by atoms with Gasteiger partial charge in [-0.25, -0.2) is 0 Å². The number of nitrogens with one attached hydrogen (secondary N) is 1. The standard InChI is InChI=1S/C6H11NO.C5H9NO2/c1-4-6(8)7-5(2)3;1-4(2-3-7)5(6)8/h4-5H,1H2,2-3H3,(H,7,8);7H,1-3H2,(H2,6,8). The van der Waals surface area contributed by atoms with Gasteiger partial charge in [0.1, 0.15) is 0 Å². The van der Waals surface area contributed by atoms with Crippen molar-refractivity contribution >= 4 is 11.8 Å². The van der Waals surface area contributed by atoms with Gasteiger partial charge in [-0.15, -0.1) is 0 Å². The molecule has 92 valence electrons. The molecular formula is C11H20N2O3. The van der Waals surface area contributed by atoms with E-state index >= 15 is 0 Å². The molecule has 0 atom stereocenters. The third kappa shape index (κ3) is 12.4. The molecule has 5 nitrogen and oxygen atoms in total. The highest BCUT2D eigenvalue weighted by Crippen LogP contribution is 1.92. The Morgan fingerprint density at radius 2 is 2.00 bits per heavy atom. The van der Waals surface area contributed by atoms with Crippen molar-refractivity contribution in [3.63, 3.8) is 0 Å². The number of aliphatic hydroxyl groups is 1. The Kier molecular flexibility index (Phi) is 10.4. The second-order valence-corrected chi connectivity index (χ2v) is 3.31. The summed E-state index contributed by atoms with van der Waals surface area (Å²) in [5.41, 5.74) is 5.04. The van der Waals surface area contributed by atoms with Crippen molar-refractivity contribution in [2.75, 3.05) is 6.61 Å². The summed E-state index contributed by atoms with van der Waals surface area (Å²) >= 11 is 0. The van der Waals surface area contributed by atoms with Gasteiger partial charge in [0.25, 0.3) is 0 Å². The molecule has 0 aliphatic heterocycles. The lowest BCUT2D eigenvalue weighted by molar-refractivity contribution is -0.117. The summed E-state index contributed by atoms with van der Waals surface area (Å²) in [6, 6.07) is 0.209. The predicted molar refractivity (Wildman–Crippen MR) is 63.5 cm³/mol. The van der Waals surface area contributed by atoms with E-state index in [4.69, 9.17) is 10.8 Å². The van der Waals surface area contributed by atoms with Gasteiger partial charge >= 0.3 is 0 Å². The van der Waals surface area contributed by atoms with E-state index in [2.05, 4.69) is 18.5 Å². The van der Waals surface area contributed by atoms with E-state index in [0.717, 1.165) is 0 Å². The van der Waals surface area contributed by atoms with Crippen LogP contribution in [0.1, 0.15) is 20.3 Å². The summed E-state index contributed by atoms with van der Waals surface area (Å²) < 4.78 is 0.